The number of nitrogens with zero attached hydrogens (tertiary/aromatic N) is 1. The van der Waals surface area contributed by atoms with Crippen LogP contribution in [0.25, 0.3) is 0 Å². The first kappa shape index (κ1) is 17.8. The molecule has 0 saturated carbocycles. The number of hydrogen-bond acceptors (Lipinski definition) is 5. The highest BCUT2D eigenvalue weighted by molar-refractivity contribution is 5.94. The van der Waals surface area contributed by atoms with Gasteiger partial charge in [0.15, 0.2) is 11.5 Å². The summed E-state index contributed by atoms with van der Waals surface area (Å²) in [5.41, 5.74) is 0.606. The Morgan fingerprint density at radius 1 is 1.11 bits per heavy atom. The molecule has 0 aliphatic carbocycles. The van der Waals surface area contributed by atoms with Crippen molar-refractivity contribution >= 4 is 11.7 Å². The molecule has 2 bridgehead atoms. The van der Waals surface area contributed by atoms with Crippen LogP contribution in [0.15, 0.2) is 40.8 Å². The number of ether oxygens (including phenoxy) is 1. The first-order valence-electron chi connectivity index (χ1n) is 9.45. The van der Waals surface area contributed by atoms with Crippen LogP contribution in [0.5, 0.6) is 11.7 Å². The van der Waals surface area contributed by atoms with Crippen LogP contribution in [0.2, 0.25) is 0 Å². The van der Waals surface area contributed by atoms with Crippen molar-refractivity contribution in [3.63, 3.8) is 0 Å². The minimum Gasteiger partial charge on any atom is -0.426 e. The van der Waals surface area contributed by atoms with Crippen LogP contribution < -0.4 is 10.1 Å². The van der Waals surface area contributed by atoms with Crippen LogP contribution in [-0.4, -0.2) is 41.8 Å². The number of fused-ring (bicyclic) bond motifs is 3. The Bertz CT molecular complexity index is 832. The molecule has 3 fully saturated rings. The third-order valence-electron chi connectivity index (χ3n) is 5.74. The fourth-order valence-electron chi connectivity index (χ4n) is 4.13. The summed E-state index contributed by atoms with van der Waals surface area (Å²) in [6.45, 7) is 5.92. The zero-order valence-electron chi connectivity index (χ0n) is 15.6. The zero-order chi connectivity index (χ0) is 19.0. The molecule has 6 heteroatoms. The van der Waals surface area contributed by atoms with Crippen LogP contribution in [0.1, 0.15) is 47.6 Å². The SMILES string of the molecule is CC(=O)c1ccc(Oc2ccc(C(=O)NC3C4CCN(CC4)C3C)cc2)o1. The van der Waals surface area contributed by atoms with Crippen molar-refractivity contribution in [2.75, 3.05) is 13.1 Å². The van der Waals surface area contributed by atoms with Crippen molar-refractivity contribution in [3.05, 3.63) is 47.7 Å². The van der Waals surface area contributed by atoms with E-state index in [1.54, 1.807) is 36.4 Å². The Labute approximate surface area is 158 Å². The average Bonchev–Trinajstić information content (AvgIpc) is 3.14. The van der Waals surface area contributed by atoms with Gasteiger partial charge in [0.1, 0.15) is 5.75 Å². The van der Waals surface area contributed by atoms with Gasteiger partial charge in [0, 0.05) is 30.6 Å². The van der Waals surface area contributed by atoms with Crippen LogP contribution in [0, 0.1) is 5.92 Å². The largest absolute Gasteiger partial charge is 0.426 e. The van der Waals surface area contributed by atoms with E-state index < -0.39 is 0 Å². The highest BCUT2D eigenvalue weighted by Crippen LogP contribution is 2.32. The Morgan fingerprint density at radius 2 is 1.81 bits per heavy atom. The van der Waals surface area contributed by atoms with Crippen molar-refractivity contribution in [1.29, 1.82) is 0 Å². The van der Waals surface area contributed by atoms with Gasteiger partial charge >= 0.3 is 0 Å². The lowest BCUT2D eigenvalue weighted by atomic mass is 9.79. The van der Waals surface area contributed by atoms with Gasteiger partial charge in [-0.1, -0.05) is 0 Å². The first-order valence-corrected chi connectivity index (χ1v) is 9.45. The number of nitrogens with one attached hydrogen (secondary N) is 1. The summed E-state index contributed by atoms with van der Waals surface area (Å²) in [5, 5.41) is 3.22. The van der Waals surface area contributed by atoms with E-state index in [2.05, 4.69) is 17.1 Å². The molecular formula is C21H24N2O4. The lowest BCUT2D eigenvalue weighted by Gasteiger charge is -2.49. The monoisotopic (exact) mass is 368 g/mol. The van der Waals surface area contributed by atoms with E-state index in [0.29, 0.717) is 23.3 Å². The van der Waals surface area contributed by atoms with Crippen molar-refractivity contribution in [3.8, 4) is 11.7 Å². The third-order valence-corrected chi connectivity index (χ3v) is 5.74. The van der Waals surface area contributed by atoms with Gasteiger partial charge in [0.25, 0.3) is 11.9 Å². The Kier molecular flexibility index (Phi) is 4.74. The summed E-state index contributed by atoms with van der Waals surface area (Å²) in [5.74, 6) is 1.42. The van der Waals surface area contributed by atoms with E-state index in [4.69, 9.17) is 9.15 Å². The maximum atomic E-state index is 12.7. The second-order valence-electron chi connectivity index (χ2n) is 7.41. The van der Waals surface area contributed by atoms with Gasteiger partial charge in [-0.15, -0.1) is 0 Å². The number of amides is 1. The highest BCUT2D eigenvalue weighted by atomic mass is 16.6. The van der Waals surface area contributed by atoms with Gasteiger partial charge in [-0.3, -0.25) is 14.5 Å². The summed E-state index contributed by atoms with van der Waals surface area (Å²) < 4.78 is 10.9. The van der Waals surface area contributed by atoms with E-state index >= 15 is 0 Å². The molecule has 6 nitrogen and oxygen atoms in total. The number of carbonyl (C=O) groups is 2. The minimum absolute atomic E-state index is 0.0518. The Balaban J connectivity index is 1.39. The van der Waals surface area contributed by atoms with Crippen LogP contribution in [-0.2, 0) is 0 Å². The van der Waals surface area contributed by atoms with Crippen LogP contribution in [0.4, 0.5) is 0 Å². The molecular weight excluding hydrogens is 344 g/mol. The van der Waals surface area contributed by atoms with Gasteiger partial charge in [-0.2, -0.15) is 0 Å². The molecule has 2 atom stereocenters. The van der Waals surface area contributed by atoms with Crippen molar-refractivity contribution in [2.24, 2.45) is 5.92 Å². The minimum atomic E-state index is -0.154. The molecule has 2 unspecified atom stereocenters. The summed E-state index contributed by atoms with van der Waals surface area (Å²) in [4.78, 5) is 26.4. The number of ketones is 1. The standard InChI is InChI=1S/C21H24N2O4/c1-13-20(15-9-11-23(13)12-10-15)22-21(25)16-3-5-17(6-4-16)26-19-8-7-18(27-19)14(2)24/h3-8,13,15,20H,9-12H2,1-2H3,(H,22,25). The fourth-order valence-corrected chi connectivity index (χ4v) is 4.13. The quantitative estimate of drug-likeness (QED) is 0.818. The molecule has 142 valence electrons. The maximum Gasteiger partial charge on any atom is 0.290 e. The van der Waals surface area contributed by atoms with E-state index in [0.717, 1.165) is 25.9 Å². The molecule has 27 heavy (non-hydrogen) atoms. The number of carbonyl (C=O) groups excluding carboxylic acids is 2. The summed E-state index contributed by atoms with van der Waals surface area (Å²) in [6, 6.07) is 10.7. The first-order chi connectivity index (χ1) is 13.0. The van der Waals surface area contributed by atoms with Gasteiger partial charge < -0.3 is 14.5 Å². The predicted molar refractivity (Wildman–Crippen MR) is 100 cm³/mol. The molecule has 5 rings (SSSR count). The second-order valence-corrected chi connectivity index (χ2v) is 7.41. The molecule has 4 heterocycles. The van der Waals surface area contributed by atoms with E-state index in [-0.39, 0.29) is 29.4 Å². The van der Waals surface area contributed by atoms with Crippen molar-refractivity contribution < 1.29 is 18.7 Å². The fraction of sp³-hybridized carbons (Fsp3) is 0.429. The van der Waals surface area contributed by atoms with Gasteiger partial charge in [-0.25, -0.2) is 0 Å². The van der Waals surface area contributed by atoms with Crippen molar-refractivity contribution in [2.45, 2.75) is 38.8 Å². The Hall–Kier alpha value is -2.60. The van der Waals surface area contributed by atoms with E-state index in [9.17, 15) is 9.59 Å². The molecule has 3 aliphatic heterocycles. The summed E-state index contributed by atoms with van der Waals surface area (Å²) in [6.07, 6.45) is 2.32. The molecule has 1 N–H and O–H groups in total. The number of rotatable bonds is 5. The second kappa shape index (κ2) is 7.19. The molecule has 1 aromatic heterocycles. The number of hydrogen-bond donors (Lipinski definition) is 1. The van der Waals surface area contributed by atoms with Gasteiger partial charge in [-0.05, 0) is 69.1 Å². The molecule has 2 aromatic rings. The summed E-state index contributed by atoms with van der Waals surface area (Å²) in [7, 11) is 0. The lowest BCUT2D eigenvalue weighted by molar-refractivity contribution is 0.0217. The third kappa shape index (κ3) is 3.62. The molecule has 3 aliphatic rings. The van der Waals surface area contributed by atoms with Crippen molar-refractivity contribution in [1.82, 2.24) is 10.2 Å². The Morgan fingerprint density at radius 3 is 2.41 bits per heavy atom. The lowest BCUT2D eigenvalue weighted by Crippen LogP contribution is -2.62. The molecule has 1 aromatic carbocycles. The van der Waals surface area contributed by atoms with Gasteiger partial charge in [0.2, 0.25) is 0 Å². The smallest absolute Gasteiger partial charge is 0.290 e. The molecule has 3 saturated heterocycles. The van der Waals surface area contributed by atoms with E-state index in [1.807, 2.05) is 0 Å². The average molecular weight is 368 g/mol. The maximum absolute atomic E-state index is 12.7. The number of benzene rings is 1. The number of furan rings is 1. The number of Topliss-reactive ketones (excluding diaryl/α,β-unsaturated/α-hetero) is 1. The normalized spacial score (nSPS) is 26.6. The number of piperidine rings is 3. The highest BCUT2D eigenvalue weighted by Gasteiger charge is 2.40. The van der Waals surface area contributed by atoms with Crippen LogP contribution >= 0.6 is 0 Å². The predicted octanol–water partition coefficient (Wildman–Crippen LogP) is 3.49. The zero-order valence-corrected chi connectivity index (χ0v) is 15.6. The topological polar surface area (TPSA) is 71.8 Å². The van der Waals surface area contributed by atoms with Crippen LogP contribution in [0.3, 0.4) is 0 Å². The molecule has 0 spiro atoms. The molecule has 0 radical (unpaired) electrons. The summed E-state index contributed by atoms with van der Waals surface area (Å²) >= 11 is 0. The van der Waals surface area contributed by atoms with Gasteiger partial charge in [0.05, 0.1) is 0 Å². The molecule has 1 amide bonds. The van der Waals surface area contributed by atoms with E-state index in [1.165, 1.54) is 6.92 Å².